The number of rotatable bonds is 7. The zero-order chi connectivity index (χ0) is 25.5. The van der Waals surface area contributed by atoms with Gasteiger partial charge in [-0.2, -0.15) is 5.26 Å². The minimum absolute atomic E-state index is 0.165. The van der Waals surface area contributed by atoms with Gasteiger partial charge >= 0.3 is 5.97 Å². The van der Waals surface area contributed by atoms with Crippen molar-refractivity contribution in [3.05, 3.63) is 107 Å². The summed E-state index contributed by atoms with van der Waals surface area (Å²) in [6.07, 6.45) is 1.39. The van der Waals surface area contributed by atoms with Crippen LogP contribution >= 0.6 is 0 Å². The molecule has 0 bridgehead atoms. The number of hydrogen-bond donors (Lipinski definition) is 1. The van der Waals surface area contributed by atoms with Crippen molar-refractivity contribution >= 4 is 34.4 Å². The highest BCUT2D eigenvalue weighted by Crippen LogP contribution is 2.31. The van der Waals surface area contributed by atoms with E-state index >= 15 is 0 Å². The fourth-order valence-corrected chi connectivity index (χ4v) is 3.57. The van der Waals surface area contributed by atoms with Crippen molar-refractivity contribution in [2.45, 2.75) is 6.92 Å². The first-order valence-electron chi connectivity index (χ1n) is 11.1. The van der Waals surface area contributed by atoms with Crippen molar-refractivity contribution in [3.8, 4) is 17.6 Å². The highest BCUT2D eigenvalue weighted by atomic mass is 19.1. The number of amides is 1. The normalized spacial score (nSPS) is 11.0. The van der Waals surface area contributed by atoms with Crippen LogP contribution in [0.1, 0.15) is 22.8 Å². The summed E-state index contributed by atoms with van der Waals surface area (Å²) in [6.45, 7) is 2.10. The van der Waals surface area contributed by atoms with Crippen LogP contribution in [0.2, 0.25) is 0 Å². The van der Waals surface area contributed by atoms with Gasteiger partial charge in [-0.05, 0) is 71.8 Å². The molecule has 6 nitrogen and oxygen atoms in total. The number of nitrogens with one attached hydrogen (secondary N) is 1. The van der Waals surface area contributed by atoms with E-state index < -0.39 is 17.7 Å². The van der Waals surface area contributed by atoms with Gasteiger partial charge in [-0.25, -0.2) is 9.18 Å². The molecule has 0 saturated carbocycles. The van der Waals surface area contributed by atoms with Crippen LogP contribution in [0.5, 0.6) is 11.5 Å². The number of benzene rings is 4. The smallest absolute Gasteiger partial charge is 0.344 e. The van der Waals surface area contributed by atoms with E-state index in [9.17, 15) is 19.2 Å². The molecule has 0 atom stereocenters. The van der Waals surface area contributed by atoms with Crippen molar-refractivity contribution in [2.24, 2.45) is 0 Å². The molecule has 0 spiro atoms. The number of ether oxygens (including phenoxy) is 2. The maximum atomic E-state index is 13.1. The lowest BCUT2D eigenvalue weighted by atomic mass is 10.0. The second-order valence-corrected chi connectivity index (χ2v) is 7.69. The molecule has 0 heterocycles. The number of esters is 1. The molecular formula is C29H21FN2O4. The van der Waals surface area contributed by atoms with Crippen LogP contribution < -0.4 is 14.8 Å². The Labute approximate surface area is 207 Å². The van der Waals surface area contributed by atoms with Gasteiger partial charge in [0, 0.05) is 5.69 Å². The topological polar surface area (TPSA) is 88.4 Å². The van der Waals surface area contributed by atoms with E-state index in [0.717, 1.165) is 10.8 Å². The highest BCUT2D eigenvalue weighted by Gasteiger charge is 2.16. The van der Waals surface area contributed by atoms with Gasteiger partial charge in [-0.1, -0.05) is 42.5 Å². The predicted octanol–water partition coefficient (Wildman–Crippen LogP) is 6.14. The van der Waals surface area contributed by atoms with E-state index in [1.54, 1.807) is 37.3 Å². The number of fused-ring (bicyclic) bond motifs is 1. The quantitative estimate of drug-likeness (QED) is 0.149. The van der Waals surface area contributed by atoms with Gasteiger partial charge in [0.05, 0.1) is 12.2 Å². The number of nitriles is 1. The van der Waals surface area contributed by atoms with Crippen LogP contribution in [-0.4, -0.2) is 18.5 Å². The van der Waals surface area contributed by atoms with Crippen LogP contribution in [0.3, 0.4) is 0 Å². The minimum Gasteiger partial charge on any atom is -0.490 e. The number of carbonyl (C=O) groups excluding carboxylic acids is 2. The maximum absolute atomic E-state index is 13.1. The summed E-state index contributed by atoms with van der Waals surface area (Å²) in [5.74, 6) is -1.12. The van der Waals surface area contributed by atoms with E-state index in [-0.39, 0.29) is 17.1 Å². The number of carbonyl (C=O) groups is 2. The minimum atomic E-state index is -0.645. The molecule has 7 heteroatoms. The SMILES string of the molecule is CCOc1cc(C=C(C#N)C(=O)Nc2ccc(F)cc2)ccc1OC(=O)c1cccc2ccccc12. The maximum Gasteiger partial charge on any atom is 0.344 e. The molecule has 1 amide bonds. The lowest BCUT2D eigenvalue weighted by Gasteiger charge is -2.12. The standard InChI is InChI=1S/C29H21FN2O4/c1-2-35-27-17-19(16-21(18-31)28(33)32-23-13-11-22(30)12-14-23)10-15-26(27)36-29(34)25-9-5-7-20-6-3-4-8-24(20)25/h3-17H,2H2,1H3,(H,32,33). The summed E-state index contributed by atoms with van der Waals surface area (Å²) >= 11 is 0. The van der Waals surface area contributed by atoms with Gasteiger partial charge in [0.1, 0.15) is 17.5 Å². The first-order valence-corrected chi connectivity index (χ1v) is 11.1. The summed E-state index contributed by atoms with van der Waals surface area (Å²) < 4.78 is 24.4. The van der Waals surface area contributed by atoms with Gasteiger partial charge in [0.2, 0.25) is 0 Å². The summed E-state index contributed by atoms with van der Waals surface area (Å²) in [5, 5.41) is 13.7. The van der Waals surface area contributed by atoms with Gasteiger partial charge in [0.15, 0.2) is 11.5 Å². The van der Waals surface area contributed by atoms with Crippen molar-refractivity contribution in [3.63, 3.8) is 0 Å². The third-order valence-electron chi connectivity index (χ3n) is 5.26. The molecule has 36 heavy (non-hydrogen) atoms. The van der Waals surface area contributed by atoms with E-state index in [1.165, 1.54) is 30.3 Å². The monoisotopic (exact) mass is 480 g/mol. The highest BCUT2D eigenvalue weighted by molar-refractivity contribution is 6.09. The summed E-state index contributed by atoms with van der Waals surface area (Å²) in [4.78, 5) is 25.5. The van der Waals surface area contributed by atoms with Crippen LogP contribution in [-0.2, 0) is 4.79 Å². The lowest BCUT2D eigenvalue weighted by Crippen LogP contribution is -2.13. The molecule has 0 aliphatic rings. The molecule has 1 N–H and O–H groups in total. The van der Waals surface area contributed by atoms with Crippen LogP contribution in [0.4, 0.5) is 10.1 Å². The van der Waals surface area contributed by atoms with Crippen molar-refractivity contribution in [1.82, 2.24) is 0 Å². The predicted molar refractivity (Wildman–Crippen MR) is 135 cm³/mol. The molecule has 0 aliphatic carbocycles. The molecule has 0 aromatic heterocycles. The summed E-state index contributed by atoms with van der Waals surface area (Å²) in [5.41, 5.74) is 1.11. The third-order valence-corrected chi connectivity index (χ3v) is 5.26. The van der Waals surface area contributed by atoms with Gasteiger partial charge in [-0.15, -0.1) is 0 Å². The number of halogens is 1. The average molecular weight is 480 g/mol. The molecule has 0 saturated heterocycles. The van der Waals surface area contributed by atoms with E-state index in [1.807, 2.05) is 36.4 Å². The van der Waals surface area contributed by atoms with Crippen molar-refractivity contribution < 1.29 is 23.5 Å². The molecule has 4 aromatic rings. The van der Waals surface area contributed by atoms with E-state index in [2.05, 4.69) is 5.32 Å². The summed E-state index contributed by atoms with van der Waals surface area (Å²) in [6, 6.07) is 24.7. The molecule has 4 aromatic carbocycles. The summed E-state index contributed by atoms with van der Waals surface area (Å²) in [7, 11) is 0. The Morgan fingerprint density at radius 3 is 2.47 bits per heavy atom. The third kappa shape index (κ3) is 5.57. The fourth-order valence-electron chi connectivity index (χ4n) is 3.57. The van der Waals surface area contributed by atoms with Crippen LogP contribution in [0, 0.1) is 17.1 Å². The van der Waals surface area contributed by atoms with Gasteiger partial charge < -0.3 is 14.8 Å². The van der Waals surface area contributed by atoms with Crippen molar-refractivity contribution in [2.75, 3.05) is 11.9 Å². The molecule has 178 valence electrons. The molecule has 0 aliphatic heterocycles. The Balaban J connectivity index is 1.58. The second kappa shape index (κ2) is 11.0. The Kier molecular flexibility index (Phi) is 7.37. The first-order chi connectivity index (χ1) is 17.5. The Morgan fingerprint density at radius 2 is 1.72 bits per heavy atom. The number of nitrogens with zero attached hydrogens (tertiary/aromatic N) is 1. The number of anilines is 1. The Bertz CT molecular complexity index is 1500. The first kappa shape index (κ1) is 24.2. The second-order valence-electron chi connectivity index (χ2n) is 7.69. The number of hydrogen-bond acceptors (Lipinski definition) is 5. The van der Waals surface area contributed by atoms with E-state index in [0.29, 0.717) is 23.4 Å². The zero-order valence-corrected chi connectivity index (χ0v) is 19.3. The lowest BCUT2D eigenvalue weighted by molar-refractivity contribution is -0.112. The Hall–Kier alpha value is -4.96. The van der Waals surface area contributed by atoms with Crippen LogP contribution in [0.25, 0.3) is 16.8 Å². The van der Waals surface area contributed by atoms with Crippen molar-refractivity contribution in [1.29, 1.82) is 5.26 Å². The molecule has 0 unspecified atom stereocenters. The van der Waals surface area contributed by atoms with E-state index in [4.69, 9.17) is 9.47 Å². The average Bonchev–Trinajstić information content (AvgIpc) is 2.89. The van der Waals surface area contributed by atoms with Gasteiger partial charge in [0.25, 0.3) is 5.91 Å². The molecular weight excluding hydrogens is 459 g/mol. The Morgan fingerprint density at radius 1 is 0.972 bits per heavy atom. The molecule has 4 rings (SSSR count). The largest absolute Gasteiger partial charge is 0.490 e. The van der Waals surface area contributed by atoms with Crippen LogP contribution in [0.15, 0.2) is 90.5 Å². The fraction of sp³-hybridized carbons (Fsp3) is 0.0690. The van der Waals surface area contributed by atoms with Gasteiger partial charge in [-0.3, -0.25) is 4.79 Å². The molecule has 0 radical (unpaired) electrons. The molecule has 0 fully saturated rings. The zero-order valence-electron chi connectivity index (χ0n) is 19.3.